The number of hydrogen-bond donors (Lipinski definition) is 1. The van der Waals surface area contributed by atoms with Crippen LogP contribution in [0.3, 0.4) is 0 Å². The molecular formula is C17H26N2O. The molecule has 1 aromatic carbocycles. The van der Waals surface area contributed by atoms with Gasteiger partial charge in [0.1, 0.15) is 0 Å². The minimum atomic E-state index is 0.185. The van der Waals surface area contributed by atoms with Crippen molar-refractivity contribution in [1.82, 2.24) is 10.2 Å². The van der Waals surface area contributed by atoms with Gasteiger partial charge in [-0.25, -0.2) is 0 Å². The van der Waals surface area contributed by atoms with Crippen LogP contribution in [0.2, 0.25) is 0 Å². The SMILES string of the molecule is CCC1CN(C(=O)c2cc(C)cc(C)c2)CCC1NC. The molecule has 0 aromatic heterocycles. The van der Waals surface area contributed by atoms with E-state index >= 15 is 0 Å². The topological polar surface area (TPSA) is 32.3 Å². The molecule has 0 aliphatic carbocycles. The van der Waals surface area contributed by atoms with Crippen molar-refractivity contribution in [1.29, 1.82) is 0 Å². The summed E-state index contributed by atoms with van der Waals surface area (Å²) in [6, 6.07) is 6.66. The second kappa shape index (κ2) is 6.40. The van der Waals surface area contributed by atoms with Gasteiger partial charge in [0.2, 0.25) is 0 Å². The minimum Gasteiger partial charge on any atom is -0.338 e. The molecule has 1 N–H and O–H groups in total. The Morgan fingerprint density at radius 3 is 2.50 bits per heavy atom. The summed E-state index contributed by atoms with van der Waals surface area (Å²) in [4.78, 5) is 14.7. The van der Waals surface area contributed by atoms with Crippen LogP contribution in [0.1, 0.15) is 41.3 Å². The van der Waals surface area contributed by atoms with Crippen LogP contribution in [-0.2, 0) is 0 Å². The molecule has 1 aliphatic rings. The molecule has 1 amide bonds. The van der Waals surface area contributed by atoms with Crippen molar-refractivity contribution >= 4 is 5.91 Å². The van der Waals surface area contributed by atoms with E-state index in [1.54, 1.807) is 0 Å². The fourth-order valence-electron chi connectivity index (χ4n) is 3.29. The average molecular weight is 274 g/mol. The summed E-state index contributed by atoms with van der Waals surface area (Å²) < 4.78 is 0. The van der Waals surface area contributed by atoms with Crippen LogP contribution in [0, 0.1) is 19.8 Å². The van der Waals surface area contributed by atoms with E-state index in [0.29, 0.717) is 12.0 Å². The van der Waals surface area contributed by atoms with Gasteiger partial charge in [-0.15, -0.1) is 0 Å². The molecule has 2 atom stereocenters. The fraction of sp³-hybridized carbons (Fsp3) is 0.588. The molecule has 0 bridgehead atoms. The zero-order valence-corrected chi connectivity index (χ0v) is 13.1. The van der Waals surface area contributed by atoms with E-state index in [1.165, 1.54) is 0 Å². The van der Waals surface area contributed by atoms with Gasteiger partial charge in [0.15, 0.2) is 0 Å². The Hall–Kier alpha value is -1.35. The van der Waals surface area contributed by atoms with Gasteiger partial charge < -0.3 is 10.2 Å². The summed E-state index contributed by atoms with van der Waals surface area (Å²) in [6.45, 7) is 8.03. The van der Waals surface area contributed by atoms with Crippen molar-refractivity contribution in [3.63, 3.8) is 0 Å². The third-order valence-electron chi connectivity index (χ3n) is 4.38. The van der Waals surface area contributed by atoms with Gasteiger partial charge in [-0.05, 0) is 45.4 Å². The number of nitrogens with zero attached hydrogens (tertiary/aromatic N) is 1. The highest BCUT2D eigenvalue weighted by Crippen LogP contribution is 2.22. The molecular weight excluding hydrogens is 248 g/mol. The van der Waals surface area contributed by atoms with Crippen LogP contribution in [-0.4, -0.2) is 37.0 Å². The Kier molecular flexibility index (Phi) is 4.81. The molecule has 110 valence electrons. The largest absolute Gasteiger partial charge is 0.338 e. The van der Waals surface area contributed by atoms with Crippen molar-refractivity contribution in [2.45, 2.75) is 39.7 Å². The zero-order valence-electron chi connectivity index (χ0n) is 13.1. The van der Waals surface area contributed by atoms with Crippen LogP contribution >= 0.6 is 0 Å². The van der Waals surface area contributed by atoms with Crippen molar-refractivity contribution in [3.05, 3.63) is 34.9 Å². The maximum Gasteiger partial charge on any atom is 0.253 e. The van der Waals surface area contributed by atoms with Crippen LogP contribution in [0.4, 0.5) is 0 Å². The van der Waals surface area contributed by atoms with E-state index in [-0.39, 0.29) is 5.91 Å². The van der Waals surface area contributed by atoms with Crippen molar-refractivity contribution in [3.8, 4) is 0 Å². The summed E-state index contributed by atoms with van der Waals surface area (Å²) in [5.41, 5.74) is 3.15. The van der Waals surface area contributed by atoms with Gasteiger partial charge in [-0.2, -0.15) is 0 Å². The lowest BCUT2D eigenvalue weighted by molar-refractivity contribution is 0.0631. The van der Waals surface area contributed by atoms with Gasteiger partial charge in [0.05, 0.1) is 0 Å². The highest BCUT2D eigenvalue weighted by molar-refractivity contribution is 5.94. The quantitative estimate of drug-likeness (QED) is 0.919. The number of hydrogen-bond acceptors (Lipinski definition) is 2. The third-order valence-corrected chi connectivity index (χ3v) is 4.38. The first-order chi connectivity index (χ1) is 9.55. The van der Waals surface area contributed by atoms with Crippen LogP contribution in [0.25, 0.3) is 0 Å². The van der Waals surface area contributed by atoms with Gasteiger partial charge in [-0.1, -0.05) is 30.5 Å². The van der Waals surface area contributed by atoms with Crippen molar-refractivity contribution in [2.24, 2.45) is 5.92 Å². The first-order valence-corrected chi connectivity index (χ1v) is 7.60. The van der Waals surface area contributed by atoms with Gasteiger partial charge >= 0.3 is 0 Å². The number of carbonyl (C=O) groups excluding carboxylic acids is 1. The molecule has 2 rings (SSSR count). The van der Waals surface area contributed by atoms with E-state index in [2.05, 4.69) is 18.3 Å². The van der Waals surface area contributed by atoms with E-state index in [9.17, 15) is 4.79 Å². The molecule has 3 heteroatoms. The zero-order chi connectivity index (χ0) is 14.7. The molecule has 0 radical (unpaired) electrons. The second-order valence-corrected chi connectivity index (χ2v) is 5.98. The lowest BCUT2D eigenvalue weighted by Gasteiger charge is -2.38. The molecule has 1 aliphatic heterocycles. The number of carbonyl (C=O) groups is 1. The van der Waals surface area contributed by atoms with Gasteiger partial charge in [0.25, 0.3) is 5.91 Å². The first kappa shape index (κ1) is 15.0. The van der Waals surface area contributed by atoms with Crippen LogP contribution in [0.5, 0.6) is 0 Å². The molecule has 1 aromatic rings. The van der Waals surface area contributed by atoms with E-state index < -0.39 is 0 Å². The summed E-state index contributed by atoms with van der Waals surface area (Å²) in [5.74, 6) is 0.744. The summed E-state index contributed by atoms with van der Waals surface area (Å²) >= 11 is 0. The van der Waals surface area contributed by atoms with Gasteiger partial charge in [-0.3, -0.25) is 4.79 Å². The highest BCUT2D eigenvalue weighted by Gasteiger charge is 2.29. The molecule has 1 heterocycles. The normalized spacial score (nSPS) is 22.9. The monoisotopic (exact) mass is 274 g/mol. The number of aryl methyl sites for hydroxylation is 2. The van der Waals surface area contributed by atoms with E-state index in [4.69, 9.17) is 0 Å². The number of amides is 1. The lowest BCUT2D eigenvalue weighted by atomic mass is 9.89. The summed E-state index contributed by atoms with van der Waals surface area (Å²) in [5, 5.41) is 3.38. The smallest absolute Gasteiger partial charge is 0.253 e. The van der Waals surface area contributed by atoms with Crippen molar-refractivity contribution < 1.29 is 4.79 Å². The molecule has 2 unspecified atom stereocenters. The van der Waals surface area contributed by atoms with Crippen LogP contribution in [0.15, 0.2) is 18.2 Å². The Labute approximate surface area is 122 Å². The van der Waals surface area contributed by atoms with Crippen molar-refractivity contribution in [2.75, 3.05) is 20.1 Å². The summed E-state index contributed by atoms with van der Waals surface area (Å²) in [6.07, 6.45) is 2.16. The Balaban J connectivity index is 2.13. The predicted octanol–water partition coefficient (Wildman–Crippen LogP) is 2.76. The number of likely N-dealkylation sites (tertiary alicyclic amines) is 1. The first-order valence-electron chi connectivity index (χ1n) is 7.60. The Bertz CT molecular complexity index is 464. The number of nitrogens with one attached hydrogen (secondary N) is 1. The highest BCUT2D eigenvalue weighted by atomic mass is 16.2. The molecule has 20 heavy (non-hydrogen) atoms. The molecule has 1 saturated heterocycles. The predicted molar refractivity (Wildman–Crippen MR) is 83.1 cm³/mol. The minimum absolute atomic E-state index is 0.185. The lowest BCUT2D eigenvalue weighted by Crippen LogP contribution is -2.50. The maximum absolute atomic E-state index is 12.7. The van der Waals surface area contributed by atoms with Gasteiger partial charge in [0, 0.05) is 24.7 Å². The second-order valence-electron chi connectivity index (χ2n) is 5.98. The van der Waals surface area contributed by atoms with Crippen LogP contribution < -0.4 is 5.32 Å². The maximum atomic E-state index is 12.7. The summed E-state index contributed by atoms with van der Waals surface area (Å²) in [7, 11) is 2.02. The third kappa shape index (κ3) is 3.21. The fourth-order valence-corrected chi connectivity index (χ4v) is 3.29. The molecule has 0 saturated carbocycles. The Morgan fingerprint density at radius 2 is 1.95 bits per heavy atom. The molecule has 3 nitrogen and oxygen atoms in total. The Morgan fingerprint density at radius 1 is 1.30 bits per heavy atom. The standard InChI is InChI=1S/C17H26N2O/c1-5-14-11-19(7-6-16(14)18-4)17(20)15-9-12(2)8-13(3)10-15/h8-10,14,16,18H,5-7,11H2,1-4H3. The number of benzene rings is 1. The molecule has 0 spiro atoms. The number of piperidine rings is 1. The van der Waals surface area contributed by atoms with E-state index in [1.807, 2.05) is 37.9 Å². The van der Waals surface area contributed by atoms with E-state index in [0.717, 1.165) is 42.6 Å². The number of rotatable bonds is 3. The average Bonchev–Trinajstić information content (AvgIpc) is 2.44. The molecule has 1 fully saturated rings.